The Balaban J connectivity index is 1.59. The highest BCUT2D eigenvalue weighted by Crippen LogP contribution is 2.29. The minimum atomic E-state index is -0.242. The van der Waals surface area contributed by atoms with E-state index in [0.29, 0.717) is 33.3 Å². The second-order valence-electron chi connectivity index (χ2n) is 6.77. The van der Waals surface area contributed by atoms with Crippen LogP contribution in [0.3, 0.4) is 0 Å². The molecule has 0 aliphatic carbocycles. The van der Waals surface area contributed by atoms with Crippen molar-refractivity contribution in [1.29, 1.82) is 0 Å². The number of carbonyl (C=O) groups is 1. The molecule has 2 aromatic heterocycles. The molecule has 0 spiro atoms. The van der Waals surface area contributed by atoms with E-state index in [4.69, 9.17) is 27.9 Å². The highest BCUT2D eigenvalue weighted by molar-refractivity contribution is 7.99. The van der Waals surface area contributed by atoms with Crippen LogP contribution in [0.25, 0.3) is 17.1 Å². The zero-order chi connectivity index (χ0) is 23.2. The first kappa shape index (κ1) is 23.1. The van der Waals surface area contributed by atoms with Gasteiger partial charge in [-0.3, -0.25) is 14.3 Å². The van der Waals surface area contributed by atoms with E-state index in [1.165, 1.54) is 11.8 Å². The molecule has 2 aromatic carbocycles. The number of hydrogen-bond donors (Lipinski definition) is 1. The van der Waals surface area contributed by atoms with E-state index in [1.807, 2.05) is 47.9 Å². The van der Waals surface area contributed by atoms with Crippen LogP contribution in [0, 0.1) is 0 Å². The third kappa shape index (κ3) is 5.65. The quantitative estimate of drug-likeness (QED) is 0.310. The third-order valence-corrected chi connectivity index (χ3v) is 5.99. The molecule has 33 heavy (non-hydrogen) atoms. The molecule has 0 saturated heterocycles. The van der Waals surface area contributed by atoms with E-state index in [-0.39, 0.29) is 11.7 Å². The number of ether oxygens (including phenoxy) is 1. The molecule has 0 radical (unpaired) electrons. The summed E-state index contributed by atoms with van der Waals surface area (Å²) in [6, 6.07) is 16.3. The second kappa shape index (κ2) is 10.7. The fraction of sp³-hybridized carbons (Fsp3) is 0.130. The number of halogens is 2. The summed E-state index contributed by atoms with van der Waals surface area (Å²) >= 11 is 13.4. The van der Waals surface area contributed by atoms with E-state index in [9.17, 15) is 4.79 Å². The molecule has 10 heteroatoms. The number of pyridine rings is 1. The molecule has 4 rings (SSSR count). The molecule has 0 bridgehead atoms. The van der Waals surface area contributed by atoms with Crippen LogP contribution < -0.4 is 10.1 Å². The lowest BCUT2D eigenvalue weighted by Gasteiger charge is -2.12. The number of hydrogen-bond acceptors (Lipinski definition) is 6. The summed E-state index contributed by atoms with van der Waals surface area (Å²) in [6.07, 6.45) is 3.42. The van der Waals surface area contributed by atoms with Crippen molar-refractivity contribution >= 4 is 46.6 Å². The number of thioether (sulfide) groups is 1. The smallest absolute Gasteiger partial charge is 0.234 e. The van der Waals surface area contributed by atoms with Gasteiger partial charge >= 0.3 is 0 Å². The lowest BCUT2D eigenvalue weighted by atomic mass is 10.2. The van der Waals surface area contributed by atoms with Gasteiger partial charge in [0.2, 0.25) is 5.91 Å². The zero-order valence-electron chi connectivity index (χ0n) is 17.5. The molecule has 1 N–H and O–H groups in total. The van der Waals surface area contributed by atoms with E-state index in [1.54, 1.807) is 30.6 Å². The zero-order valence-corrected chi connectivity index (χ0v) is 19.9. The summed E-state index contributed by atoms with van der Waals surface area (Å²) in [4.78, 5) is 16.8. The van der Waals surface area contributed by atoms with E-state index in [0.717, 1.165) is 17.0 Å². The first-order valence-corrected chi connectivity index (χ1v) is 11.8. The minimum Gasteiger partial charge on any atom is -0.494 e. The summed E-state index contributed by atoms with van der Waals surface area (Å²) in [6.45, 7) is 2.52. The summed E-state index contributed by atoms with van der Waals surface area (Å²) in [5, 5.41) is 12.9. The second-order valence-corrected chi connectivity index (χ2v) is 8.56. The van der Waals surface area contributed by atoms with Gasteiger partial charge in [-0.1, -0.05) is 35.0 Å². The van der Waals surface area contributed by atoms with Crippen molar-refractivity contribution in [1.82, 2.24) is 19.7 Å². The molecule has 0 atom stereocenters. The number of nitrogens with one attached hydrogen (secondary N) is 1. The maximum atomic E-state index is 12.6. The predicted octanol–water partition coefficient (Wildman–Crippen LogP) is 5.77. The van der Waals surface area contributed by atoms with Crippen LogP contribution in [0.2, 0.25) is 10.0 Å². The molecule has 0 fully saturated rings. The predicted molar refractivity (Wildman–Crippen MR) is 132 cm³/mol. The highest BCUT2D eigenvalue weighted by atomic mass is 35.5. The number of carbonyl (C=O) groups excluding carboxylic acids is 1. The third-order valence-electron chi connectivity index (χ3n) is 4.49. The summed E-state index contributed by atoms with van der Waals surface area (Å²) in [5.74, 6) is 1.25. The minimum absolute atomic E-state index is 0.102. The van der Waals surface area contributed by atoms with Gasteiger partial charge in [0.25, 0.3) is 0 Å². The standard InChI is InChI=1S/C23H19Cl2N5O2S/c1-2-32-18-8-6-17(7-9-18)30-22(15-4-3-11-26-13-15)28-29-23(30)33-14-21(31)27-20-12-16(24)5-10-19(20)25/h3-13H,2,14H2,1H3,(H,27,31). The SMILES string of the molecule is CCOc1ccc(-n2c(SCC(=O)Nc3cc(Cl)ccc3Cl)nnc2-c2cccnc2)cc1. The van der Waals surface area contributed by atoms with Gasteiger partial charge in [0.05, 0.1) is 23.1 Å². The average Bonchev–Trinajstić information content (AvgIpc) is 3.25. The maximum absolute atomic E-state index is 12.6. The van der Waals surface area contributed by atoms with Gasteiger partial charge < -0.3 is 10.1 Å². The number of amides is 1. The van der Waals surface area contributed by atoms with Crippen LogP contribution in [-0.4, -0.2) is 38.0 Å². The van der Waals surface area contributed by atoms with Gasteiger partial charge in [0.1, 0.15) is 5.75 Å². The van der Waals surface area contributed by atoms with Gasteiger partial charge in [0.15, 0.2) is 11.0 Å². The van der Waals surface area contributed by atoms with Crippen LogP contribution in [0.1, 0.15) is 6.92 Å². The normalized spacial score (nSPS) is 10.8. The van der Waals surface area contributed by atoms with Crippen molar-refractivity contribution in [2.45, 2.75) is 12.1 Å². The number of aromatic nitrogens is 4. The lowest BCUT2D eigenvalue weighted by molar-refractivity contribution is -0.113. The molecular formula is C23H19Cl2N5O2S. The molecule has 0 aliphatic rings. The van der Waals surface area contributed by atoms with E-state index >= 15 is 0 Å². The monoisotopic (exact) mass is 499 g/mol. The topological polar surface area (TPSA) is 81.9 Å². The fourth-order valence-electron chi connectivity index (χ4n) is 3.05. The van der Waals surface area contributed by atoms with Crippen LogP contribution in [0.15, 0.2) is 72.1 Å². The average molecular weight is 500 g/mol. The Kier molecular flexibility index (Phi) is 7.49. The van der Waals surface area contributed by atoms with Crippen molar-refractivity contribution in [3.05, 3.63) is 77.0 Å². The molecule has 0 aliphatic heterocycles. The lowest BCUT2D eigenvalue weighted by Crippen LogP contribution is -2.15. The Morgan fingerprint density at radius 2 is 1.94 bits per heavy atom. The van der Waals surface area contributed by atoms with Gasteiger partial charge in [0, 0.05) is 28.7 Å². The number of benzene rings is 2. The molecule has 7 nitrogen and oxygen atoms in total. The van der Waals surface area contributed by atoms with Crippen molar-refractivity contribution in [3.8, 4) is 22.8 Å². The number of anilines is 1. The molecule has 0 unspecified atom stereocenters. The Hall–Kier alpha value is -3.07. The van der Waals surface area contributed by atoms with Crippen LogP contribution in [0.4, 0.5) is 5.69 Å². The molecule has 1 amide bonds. The van der Waals surface area contributed by atoms with Gasteiger partial charge in [-0.25, -0.2) is 0 Å². The summed E-state index contributed by atoms with van der Waals surface area (Å²) < 4.78 is 7.43. The van der Waals surface area contributed by atoms with Crippen LogP contribution in [0.5, 0.6) is 5.75 Å². The maximum Gasteiger partial charge on any atom is 0.234 e. The highest BCUT2D eigenvalue weighted by Gasteiger charge is 2.18. The number of rotatable bonds is 8. The van der Waals surface area contributed by atoms with Gasteiger partial charge in [-0.05, 0) is 61.5 Å². The van der Waals surface area contributed by atoms with E-state index < -0.39 is 0 Å². The summed E-state index contributed by atoms with van der Waals surface area (Å²) in [5.41, 5.74) is 2.10. The Bertz CT molecular complexity index is 1250. The molecule has 0 saturated carbocycles. The van der Waals surface area contributed by atoms with E-state index in [2.05, 4.69) is 20.5 Å². The first-order chi connectivity index (χ1) is 16.0. The first-order valence-electron chi connectivity index (χ1n) is 10.0. The van der Waals surface area contributed by atoms with Gasteiger partial charge in [-0.2, -0.15) is 0 Å². The Morgan fingerprint density at radius 1 is 1.12 bits per heavy atom. The Morgan fingerprint density at radius 3 is 2.67 bits per heavy atom. The fourth-order valence-corrected chi connectivity index (χ4v) is 4.13. The summed E-state index contributed by atoms with van der Waals surface area (Å²) in [7, 11) is 0. The van der Waals surface area contributed by atoms with Gasteiger partial charge in [-0.15, -0.1) is 10.2 Å². The van der Waals surface area contributed by atoms with Crippen molar-refractivity contribution < 1.29 is 9.53 Å². The molecular weight excluding hydrogens is 481 g/mol. The van der Waals surface area contributed by atoms with Crippen LogP contribution >= 0.6 is 35.0 Å². The number of nitrogens with zero attached hydrogens (tertiary/aromatic N) is 4. The molecule has 2 heterocycles. The molecule has 168 valence electrons. The van der Waals surface area contributed by atoms with Crippen molar-refractivity contribution in [2.24, 2.45) is 0 Å². The molecule has 4 aromatic rings. The largest absolute Gasteiger partial charge is 0.494 e. The van der Waals surface area contributed by atoms with Crippen molar-refractivity contribution in [3.63, 3.8) is 0 Å². The Labute approximate surface area is 205 Å². The van der Waals surface area contributed by atoms with Crippen LogP contribution in [-0.2, 0) is 4.79 Å². The van der Waals surface area contributed by atoms with Crippen molar-refractivity contribution in [2.75, 3.05) is 17.7 Å².